The van der Waals surface area contributed by atoms with Gasteiger partial charge >= 0.3 is 0 Å². The Balaban J connectivity index is 1.71. The van der Waals surface area contributed by atoms with Gasteiger partial charge in [0.15, 0.2) is 0 Å². The lowest BCUT2D eigenvalue weighted by molar-refractivity contribution is -0.129. The van der Waals surface area contributed by atoms with Crippen molar-refractivity contribution in [2.75, 3.05) is 18.6 Å². The summed E-state index contributed by atoms with van der Waals surface area (Å²) in [5, 5.41) is 2.97. The van der Waals surface area contributed by atoms with Crippen molar-refractivity contribution in [3.8, 4) is 5.75 Å². The van der Waals surface area contributed by atoms with Crippen molar-refractivity contribution in [3.63, 3.8) is 0 Å². The summed E-state index contributed by atoms with van der Waals surface area (Å²) >= 11 is 0. The second-order valence-electron chi connectivity index (χ2n) is 7.49. The van der Waals surface area contributed by atoms with E-state index >= 15 is 0 Å². The van der Waals surface area contributed by atoms with Gasteiger partial charge in [0.25, 0.3) is 0 Å². The van der Waals surface area contributed by atoms with Gasteiger partial charge in [-0.25, -0.2) is 0 Å². The Morgan fingerprint density at radius 2 is 2.00 bits per heavy atom. The maximum atomic E-state index is 12.8. The average molecular weight is 373 g/mol. The standard InChI is InChI=1S/C20H27N3O4/c1-12-7-8-17(27-2)16(9-12)23-11-13(10-18(23)24)20(26)22-15-6-4-3-5-14(15)19(21)25/h7-9,13-15H,3-6,10-11H2,1-2H3,(H2,21,25)(H,22,26)/t13-,14-,15+/m1/s1. The van der Waals surface area contributed by atoms with Gasteiger partial charge in [0, 0.05) is 19.0 Å². The van der Waals surface area contributed by atoms with E-state index in [1.165, 1.54) is 0 Å². The van der Waals surface area contributed by atoms with E-state index in [1.54, 1.807) is 12.0 Å². The average Bonchev–Trinajstić information content (AvgIpc) is 3.03. The quantitative estimate of drug-likeness (QED) is 0.817. The molecule has 0 unspecified atom stereocenters. The van der Waals surface area contributed by atoms with E-state index in [0.717, 1.165) is 24.8 Å². The van der Waals surface area contributed by atoms with Crippen LogP contribution in [0.2, 0.25) is 0 Å². The van der Waals surface area contributed by atoms with E-state index in [1.807, 2.05) is 25.1 Å². The first kappa shape index (κ1) is 19.2. The van der Waals surface area contributed by atoms with E-state index < -0.39 is 5.92 Å². The molecule has 1 aliphatic carbocycles. The number of aryl methyl sites for hydroxylation is 1. The molecule has 0 radical (unpaired) electrons. The summed E-state index contributed by atoms with van der Waals surface area (Å²) in [6.07, 6.45) is 3.51. The van der Waals surface area contributed by atoms with Crippen LogP contribution in [0.1, 0.15) is 37.7 Å². The molecule has 1 aromatic rings. The van der Waals surface area contributed by atoms with E-state index in [0.29, 0.717) is 24.4 Å². The molecule has 7 heteroatoms. The summed E-state index contributed by atoms with van der Waals surface area (Å²) in [5.74, 6) is -0.819. The fourth-order valence-electron chi connectivity index (χ4n) is 4.07. The smallest absolute Gasteiger partial charge is 0.227 e. The minimum absolute atomic E-state index is 0.103. The molecule has 1 saturated heterocycles. The number of nitrogens with zero attached hydrogens (tertiary/aromatic N) is 1. The number of primary amides is 1. The molecule has 7 nitrogen and oxygen atoms in total. The van der Waals surface area contributed by atoms with E-state index in [2.05, 4.69) is 5.32 Å². The number of carbonyl (C=O) groups excluding carboxylic acids is 3. The van der Waals surface area contributed by atoms with Crippen molar-refractivity contribution in [3.05, 3.63) is 23.8 Å². The molecule has 0 bridgehead atoms. The molecule has 27 heavy (non-hydrogen) atoms. The highest BCUT2D eigenvalue weighted by Gasteiger charge is 2.38. The zero-order valence-corrected chi connectivity index (χ0v) is 15.9. The van der Waals surface area contributed by atoms with Gasteiger partial charge in [-0.3, -0.25) is 14.4 Å². The summed E-state index contributed by atoms with van der Waals surface area (Å²) in [7, 11) is 1.56. The third-order valence-electron chi connectivity index (χ3n) is 5.58. The minimum atomic E-state index is -0.446. The second-order valence-corrected chi connectivity index (χ2v) is 7.49. The number of carbonyl (C=O) groups is 3. The molecule has 3 atom stereocenters. The number of rotatable bonds is 5. The van der Waals surface area contributed by atoms with Gasteiger partial charge in [-0.2, -0.15) is 0 Å². The van der Waals surface area contributed by atoms with E-state index in [-0.39, 0.29) is 36.1 Å². The number of hydrogen-bond donors (Lipinski definition) is 2. The monoisotopic (exact) mass is 373 g/mol. The van der Waals surface area contributed by atoms with Gasteiger partial charge in [0.05, 0.1) is 24.6 Å². The number of hydrogen-bond acceptors (Lipinski definition) is 4. The van der Waals surface area contributed by atoms with Crippen LogP contribution in [-0.4, -0.2) is 37.4 Å². The number of nitrogens with one attached hydrogen (secondary N) is 1. The minimum Gasteiger partial charge on any atom is -0.495 e. The number of methoxy groups -OCH3 is 1. The molecule has 1 heterocycles. The highest BCUT2D eigenvalue weighted by Crippen LogP contribution is 2.34. The Kier molecular flexibility index (Phi) is 5.68. The zero-order chi connectivity index (χ0) is 19.6. The van der Waals surface area contributed by atoms with Crippen LogP contribution in [0.15, 0.2) is 18.2 Å². The lowest BCUT2D eigenvalue weighted by Gasteiger charge is -2.30. The molecule has 2 fully saturated rings. The molecular weight excluding hydrogens is 346 g/mol. The van der Waals surface area contributed by atoms with Gasteiger partial charge in [-0.05, 0) is 37.5 Å². The molecular formula is C20H27N3O4. The van der Waals surface area contributed by atoms with Crippen LogP contribution >= 0.6 is 0 Å². The van der Waals surface area contributed by atoms with E-state index in [9.17, 15) is 14.4 Å². The van der Waals surface area contributed by atoms with Gasteiger partial charge in [0.1, 0.15) is 5.75 Å². The maximum Gasteiger partial charge on any atom is 0.227 e. The number of anilines is 1. The van der Waals surface area contributed by atoms with Crippen LogP contribution in [0, 0.1) is 18.8 Å². The number of amides is 3. The van der Waals surface area contributed by atoms with Crippen molar-refractivity contribution in [1.82, 2.24) is 5.32 Å². The molecule has 3 amide bonds. The molecule has 0 aromatic heterocycles. The summed E-state index contributed by atoms with van der Waals surface area (Å²) in [5.41, 5.74) is 7.18. The number of ether oxygens (including phenoxy) is 1. The first-order chi connectivity index (χ1) is 12.9. The molecule has 1 aliphatic heterocycles. The van der Waals surface area contributed by atoms with Crippen molar-refractivity contribution in [2.45, 2.75) is 45.1 Å². The summed E-state index contributed by atoms with van der Waals surface area (Å²) in [6, 6.07) is 5.40. The summed E-state index contributed by atoms with van der Waals surface area (Å²) < 4.78 is 5.37. The first-order valence-corrected chi connectivity index (χ1v) is 9.45. The number of benzene rings is 1. The molecule has 3 rings (SSSR count). The Bertz CT molecular complexity index is 749. The van der Waals surface area contributed by atoms with Crippen LogP contribution in [0.5, 0.6) is 5.75 Å². The first-order valence-electron chi connectivity index (χ1n) is 9.45. The molecule has 1 saturated carbocycles. The summed E-state index contributed by atoms with van der Waals surface area (Å²) in [6.45, 7) is 2.25. The third kappa shape index (κ3) is 4.07. The fraction of sp³-hybridized carbons (Fsp3) is 0.550. The van der Waals surface area contributed by atoms with Crippen LogP contribution in [0.4, 0.5) is 5.69 Å². The number of nitrogens with two attached hydrogens (primary N) is 1. The third-order valence-corrected chi connectivity index (χ3v) is 5.58. The van der Waals surface area contributed by atoms with E-state index in [4.69, 9.17) is 10.5 Å². The lowest BCUT2D eigenvalue weighted by atomic mass is 9.83. The lowest BCUT2D eigenvalue weighted by Crippen LogP contribution is -2.49. The topological polar surface area (TPSA) is 102 Å². The van der Waals surface area contributed by atoms with Gasteiger partial charge in [0.2, 0.25) is 17.7 Å². The second kappa shape index (κ2) is 7.98. The van der Waals surface area contributed by atoms with Crippen LogP contribution in [0.3, 0.4) is 0 Å². The largest absolute Gasteiger partial charge is 0.495 e. The molecule has 3 N–H and O–H groups in total. The Hall–Kier alpha value is -2.57. The highest BCUT2D eigenvalue weighted by atomic mass is 16.5. The summed E-state index contributed by atoms with van der Waals surface area (Å²) in [4.78, 5) is 38.6. The Labute approximate surface area is 159 Å². The van der Waals surface area contributed by atoms with Gasteiger partial charge in [-0.15, -0.1) is 0 Å². The van der Waals surface area contributed by atoms with Crippen molar-refractivity contribution in [2.24, 2.45) is 17.6 Å². The van der Waals surface area contributed by atoms with Crippen LogP contribution in [-0.2, 0) is 14.4 Å². The van der Waals surface area contributed by atoms with Crippen molar-refractivity contribution in [1.29, 1.82) is 0 Å². The van der Waals surface area contributed by atoms with Gasteiger partial charge in [-0.1, -0.05) is 18.9 Å². The predicted octanol–water partition coefficient (Wildman–Crippen LogP) is 1.52. The van der Waals surface area contributed by atoms with Crippen molar-refractivity contribution >= 4 is 23.4 Å². The van der Waals surface area contributed by atoms with Crippen LogP contribution in [0.25, 0.3) is 0 Å². The fourth-order valence-corrected chi connectivity index (χ4v) is 4.07. The molecule has 146 valence electrons. The van der Waals surface area contributed by atoms with Gasteiger partial charge < -0.3 is 20.7 Å². The SMILES string of the molecule is COc1ccc(C)cc1N1C[C@H](C(=O)N[C@H]2CCCC[C@H]2C(N)=O)CC1=O. The predicted molar refractivity (Wildman–Crippen MR) is 101 cm³/mol. The Morgan fingerprint density at radius 1 is 1.26 bits per heavy atom. The Morgan fingerprint density at radius 3 is 2.70 bits per heavy atom. The molecule has 0 spiro atoms. The molecule has 2 aliphatic rings. The normalized spacial score (nSPS) is 25.3. The maximum absolute atomic E-state index is 12.8. The molecule has 1 aromatic carbocycles. The van der Waals surface area contributed by atoms with Crippen LogP contribution < -0.4 is 20.7 Å². The van der Waals surface area contributed by atoms with Crippen molar-refractivity contribution < 1.29 is 19.1 Å². The zero-order valence-electron chi connectivity index (χ0n) is 15.9. The highest BCUT2D eigenvalue weighted by molar-refractivity contribution is 6.01.